The Bertz CT molecular complexity index is 753. The summed E-state index contributed by atoms with van der Waals surface area (Å²) in [4.78, 5) is 17.3. The maximum absolute atomic E-state index is 12.7. The van der Waals surface area contributed by atoms with Crippen LogP contribution >= 0.6 is 0 Å². The van der Waals surface area contributed by atoms with Gasteiger partial charge in [0, 0.05) is 38.6 Å². The van der Waals surface area contributed by atoms with Gasteiger partial charge >= 0.3 is 0 Å². The summed E-state index contributed by atoms with van der Waals surface area (Å²) < 4.78 is 4.88. The van der Waals surface area contributed by atoms with Crippen LogP contribution < -0.4 is 0 Å². The van der Waals surface area contributed by atoms with Crippen molar-refractivity contribution in [2.24, 2.45) is 11.8 Å². The Labute approximate surface area is 148 Å². The van der Waals surface area contributed by atoms with Crippen LogP contribution in [0.2, 0.25) is 0 Å². The maximum Gasteiger partial charge on any atom is 0.224 e. The largest absolute Gasteiger partial charge is 0.338 e. The zero-order valence-electron chi connectivity index (χ0n) is 15.0. The van der Waals surface area contributed by atoms with Gasteiger partial charge < -0.3 is 4.90 Å². The minimum absolute atomic E-state index is 0.283. The van der Waals surface area contributed by atoms with Crippen LogP contribution in [-0.4, -0.2) is 51.7 Å². The van der Waals surface area contributed by atoms with Gasteiger partial charge in [-0.05, 0) is 46.6 Å². The summed E-state index contributed by atoms with van der Waals surface area (Å²) in [6, 6.07) is 6.26. The number of nitrogens with zero attached hydrogens (tertiary/aromatic N) is 4. The summed E-state index contributed by atoms with van der Waals surface area (Å²) >= 11 is 0. The zero-order valence-corrected chi connectivity index (χ0v) is 15.0. The second-order valence-corrected chi connectivity index (χ2v) is 7.84. The molecule has 2 aromatic rings. The third kappa shape index (κ3) is 3.54. The molecule has 2 heterocycles. The lowest BCUT2D eigenvalue weighted by Gasteiger charge is -2.35. The number of aromatic nitrogens is 2. The Morgan fingerprint density at radius 3 is 2.88 bits per heavy atom. The molecule has 4 rings (SSSR count). The summed E-state index contributed by atoms with van der Waals surface area (Å²) in [5.74, 6) is 1.49. The van der Waals surface area contributed by atoms with Crippen molar-refractivity contribution in [2.45, 2.75) is 45.7 Å². The molecule has 25 heavy (non-hydrogen) atoms. The van der Waals surface area contributed by atoms with Crippen LogP contribution in [0.15, 0.2) is 22.8 Å². The highest BCUT2D eigenvalue weighted by Crippen LogP contribution is 2.32. The van der Waals surface area contributed by atoms with Gasteiger partial charge in [-0.1, -0.05) is 26.0 Å². The second kappa shape index (κ2) is 6.75. The molecule has 1 aliphatic heterocycles. The number of hydrogen-bond donors (Lipinski definition) is 0. The van der Waals surface area contributed by atoms with Gasteiger partial charge in [0.1, 0.15) is 11.0 Å². The third-order valence-electron chi connectivity index (χ3n) is 5.49. The van der Waals surface area contributed by atoms with Crippen LogP contribution in [0, 0.1) is 11.8 Å². The highest BCUT2D eigenvalue weighted by Gasteiger charge is 2.35. The summed E-state index contributed by atoms with van der Waals surface area (Å²) in [6.45, 7) is 7.88. The van der Waals surface area contributed by atoms with Gasteiger partial charge in [0.2, 0.25) is 5.91 Å². The van der Waals surface area contributed by atoms with Crippen LogP contribution in [0.3, 0.4) is 0 Å². The number of benzene rings is 1. The molecule has 134 valence electrons. The predicted molar refractivity (Wildman–Crippen MR) is 94.8 cm³/mol. The fraction of sp³-hybridized carbons (Fsp3) is 0.632. The van der Waals surface area contributed by atoms with E-state index in [2.05, 4.69) is 40.0 Å². The molecule has 0 bridgehead atoms. The highest BCUT2D eigenvalue weighted by atomic mass is 16.6. The summed E-state index contributed by atoms with van der Waals surface area (Å²) in [5, 5.41) is 7.98. The van der Waals surface area contributed by atoms with Crippen LogP contribution in [0.5, 0.6) is 0 Å². The first-order valence-corrected chi connectivity index (χ1v) is 9.34. The summed E-state index contributed by atoms with van der Waals surface area (Å²) in [5.41, 5.74) is 2.73. The molecule has 1 atom stereocenters. The molecule has 0 spiro atoms. The molecule has 0 unspecified atom stereocenters. The van der Waals surface area contributed by atoms with Crippen molar-refractivity contribution in [1.29, 1.82) is 0 Å². The lowest BCUT2D eigenvalue weighted by Crippen LogP contribution is -2.47. The Kier molecular flexibility index (Phi) is 4.46. The van der Waals surface area contributed by atoms with E-state index in [4.69, 9.17) is 4.63 Å². The van der Waals surface area contributed by atoms with E-state index in [0.717, 1.165) is 48.7 Å². The third-order valence-corrected chi connectivity index (χ3v) is 5.49. The van der Waals surface area contributed by atoms with E-state index >= 15 is 0 Å². The van der Waals surface area contributed by atoms with E-state index in [-0.39, 0.29) is 6.04 Å². The van der Waals surface area contributed by atoms with E-state index < -0.39 is 0 Å². The molecule has 0 N–H and O–H groups in total. The van der Waals surface area contributed by atoms with E-state index in [0.29, 0.717) is 18.2 Å². The number of fused-ring (bicyclic) bond motifs is 1. The Hall–Kier alpha value is -1.95. The quantitative estimate of drug-likeness (QED) is 0.836. The van der Waals surface area contributed by atoms with Crippen molar-refractivity contribution >= 4 is 16.9 Å². The molecule has 2 fully saturated rings. The summed E-state index contributed by atoms with van der Waals surface area (Å²) in [6.07, 6.45) is 3.15. The molecule has 1 saturated carbocycles. The van der Waals surface area contributed by atoms with Crippen LogP contribution in [0.1, 0.15) is 38.7 Å². The molecule has 1 aromatic carbocycles. The SMILES string of the molecule is CC(C)[C@H]1CN(Cc2cccc3nonc23)CCC(=O)N1CC1CC1. The number of carbonyl (C=O) groups excluding carboxylic acids is 1. The van der Waals surface area contributed by atoms with Crippen molar-refractivity contribution < 1.29 is 9.42 Å². The predicted octanol–water partition coefficient (Wildman–Crippen LogP) is 2.69. The molecule has 0 radical (unpaired) electrons. The topological polar surface area (TPSA) is 62.5 Å². The molecular formula is C19H26N4O2. The van der Waals surface area contributed by atoms with E-state index in [1.165, 1.54) is 12.8 Å². The van der Waals surface area contributed by atoms with Gasteiger partial charge in [-0.2, -0.15) is 0 Å². The van der Waals surface area contributed by atoms with Gasteiger partial charge in [-0.25, -0.2) is 4.63 Å². The van der Waals surface area contributed by atoms with Gasteiger partial charge in [0.15, 0.2) is 0 Å². The molecule has 1 amide bonds. The van der Waals surface area contributed by atoms with Crippen LogP contribution in [0.25, 0.3) is 11.0 Å². The fourth-order valence-corrected chi connectivity index (χ4v) is 3.80. The molecule has 2 aliphatic rings. The fourth-order valence-electron chi connectivity index (χ4n) is 3.80. The smallest absolute Gasteiger partial charge is 0.224 e. The minimum atomic E-state index is 0.283. The second-order valence-electron chi connectivity index (χ2n) is 7.84. The maximum atomic E-state index is 12.7. The molecule has 6 heteroatoms. The van der Waals surface area contributed by atoms with E-state index in [1.54, 1.807) is 0 Å². The average Bonchev–Trinajstić information content (AvgIpc) is 3.31. The molecule has 1 saturated heterocycles. The number of amides is 1. The van der Waals surface area contributed by atoms with Gasteiger partial charge in [0.05, 0.1) is 0 Å². The van der Waals surface area contributed by atoms with Crippen LogP contribution in [0.4, 0.5) is 0 Å². The Balaban J connectivity index is 1.54. The first-order valence-electron chi connectivity index (χ1n) is 9.34. The lowest BCUT2D eigenvalue weighted by molar-refractivity contribution is -0.133. The monoisotopic (exact) mass is 342 g/mol. The Morgan fingerprint density at radius 1 is 1.28 bits per heavy atom. The number of rotatable bonds is 5. The van der Waals surface area contributed by atoms with Gasteiger partial charge in [0.25, 0.3) is 0 Å². The standard InChI is InChI=1S/C19H26N4O2/c1-13(2)17-12-22(9-8-18(24)23(17)10-14-6-7-14)11-15-4-3-5-16-19(15)21-25-20-16/h3-5,13-14,17H,6-12H2,1-2H3/t17-/m1/s1. The lowest BCUT2D eigenvalue weighted by atomic mass is 10.0. The van der Waals surface area contributed by atoms with E-state index in [1.807, 2.05) is 12.1 Å². The average molecular weight is 342 g/mol. The molecule has 1 aliphatic carbocycles. The van der Waals surface area contributed by atoms with Gasteiger partial charge in [-0.15, -0.1) is 0 Å². The van der Waals surface area contributed by atoms with Crippen LogP contribution in [-0.2, 0) is 11.3 Å². The summed E-state index contributed by atoms with van der Waals surface area (Å²) in [7, 11) is 0. The normalized spacial score (nSPS) is 22.8. The van der Waals surface area contributed by atoms with Crippen molar-refractivity contribution in [2.75, 3.05) is 19.6 Å². The van der Waals surface area contributed by atoms with Gasteiger partial charge in [-0.3, -0.25) is 9.69 Å². The zero-order chi connectivity index (χ0) is 17.4. The van der Waals surface area contributed by atoms with Crippen molar-refractivity contribution in [1.82, 2.24) is 20.1 Å². The minimum Gasteiger partial charge on any atom is -0.338 e. The van der Waals surface area contributed by atoms with Crippen molar-refractivity contribution in [3.8, 4) is 0 Å². The highest BCUT2D eigenvalue weighted by molar-refractivity contribution is 5.78. The first-order chi connectivity index (χ1) is 12.1. The first kappa shape index (κ1) is 16.5. The molecular weight excluding hydrogens is 316 g/mol. The van der Waals surface area contributed by atoms with E-state index in [9.17, 15) is 4.79 Å². The number of hydrogen-bond acceptors (Lipinski definition) is 5. The van der Waals surface area contributed by atoms with Crippen molar-refractivity contribution in [3.63, 3.8) is 0 Å². The molecule has 1 aromatic heterocycles. The molecule has 6 nitrogen and oxygen atoms in total. The number of carbonyl (C=O) groups is 1. The Morgan fingerprint density at radius 2 is 2.12 bits per heavy atom. The van der Waals surface area contributed by atoms with Crippen molar-refractivity contribution in [3.05, 3.63) is 23.8 Å².